The second-order valence-electron chi connectivity index (χ2n) is 8.22. The van der Waals surface area contributed by atoms with Crippen LogP contribution in [0.5, 0.6) is 0 Å². The Hall–Kier alpha value is -3.06. The van der Waals surface area contributed by atoms with E-state index in [0.717, 1.165) is 24.9 Å². The van der Waals surface area contributed by atoms with Crippen LogP contribution < -0.4 is 10.5 Å². The van der Waals surface area contributed by atoms with Crippen LogP contribution in [0.2, 0.25) is 0 Å². The molecule has 1 atom stereocenters. The van der Waals surface area contributed by atoms with E-state index in [1.165, 1.54) is 25.2 Å². The Bertz CT molecular complexity index is 1080. The summed E-state index contributed by atoms with van der Waals surface area (Å²) < 4.78 is 8.31. The molecule has 0 bridgehead atoms. The van der Waals surface area contributed by atoms with Crippen molar-refractivity contribution < 1.29 is 4.74 Å². The fraction of sp³-hybridized carbons (Fsp3) is 0.391. The van der Waals surface area contributed by atoms with E-state index in [4.69, 9.17) is 9.72 Å². The van der Waals surface area contributed by atoms with Crippen LogP contribution in [0.15, 0.2) is 59.8 Å². The zero-order valence-corrected chi connectivity index (χ0v) is 17.1. The number of hydrogen-bond donors (Lipinski definition) is 0. The van der Waals surface area contributed by atoms with Crippen molar-refractivity contribution in [2.24, 2.45) is 7.05 Å². The molecule has 1 aliphatic heterocycles. The Morgan fingerprint density at radius 2 is 1.90 bits per heavy atom. The number of ether oxygens (including phenoxy) is 1. The summed E-state index contributed by atoms with van der Waals surface area (Å²) in [6, 6.07) is 13.6. The van der Waals surface area contributed by atoms with Gasteiger partial charge < -0.3 is 9.64 Å². The monoisotopic (exact) mass is 403 g/mol. The quantitative estimate of drug-likeness (QED) is 0.669. The Balaban J connectivity index is 1.56. The van der Waals surface area contributed by atoms with Crippen LogP contribution in [0, 0.1) is 0 Å². The first kappa shape index (κ1) is 18.9. The largest absolute Gasteiger partial charge is 0.363 e. The number of morpholine rings is 1. The molecular weight excluding hydrogens is 378 g/mol. The lowest BCUT2D eigenvalue weighted by molar-refractivity contribution is -0.105. The smallest absolute Gasteiger partial charge is 0.255 e. The van der Waals surface area contributed by atoms with Crippen molar-refractivity contribution in [2.45, 2.75) is 37.4 Å². The van der Waals surface area contributed by atoms with Crippen LogP contribution in [-0.2, 0) is 11.8 Å². The van der Waals surface area contributed by atoms with E-state index in [-0.39, 0.29) is 17.3 Å². The third-order valence-electron chi connectivity index (χ3n) is 6.18. The molecule has 1 aliphatic carbocycles. The summed E-state index contributed by atoms with van der Waals surface area (Å²) in [5.74, 6) is 0.659. The predicted molar refractivity (Wildman–Crippen MR) is 114 cm³/mol. The molecule has 1 spiro atoms. The zero-order valence-electron chi connectivity index (χ0n) is 17.1. The Kier molecular flexibility index (Phi) is 4.83. The van der Waals surface area contributed by atoms with Crippen LogP contribution in [0.4, 0.5) is 5.95 Å². The molecule has 2 fully saturated rings. The number of hydrogen-bond acceptors (Lipinski definition) is 6. The highest BCUT2D eigenvalue weighted by Crippen LogP contribution is 2.42. The molecule has 1 saturated heterocycles. The summed E-state index contributed by atoms with van der Waals surface area (Å²) in [7, 11) is 1.78. The van der Waals surface area contributed by atoms with Gasteiger partial charge in [0.25, 0.3) is 5.56 Å². The topological polar surface area (TPSA) is 73.1 Å². The second kappa shape index (κ2) is 7.65. The lowest BCUT2D eigenvalue weighted by Crippen LogP contribution is -2.53. The Morgan fingerprint density at radius 1 is 1.10 bits per heavy atom. The van der Waals surface area contributed by atoms with E-state index in [2.05, 4.69) is 27.0 Å². The van der Waals surface area contributed by atoms with E-state index >= 15 is 0 Å². The minimum atomic E-state index is -0.193. The SMILES string of the molecule is Cn1c(N2CC(c3ccccc3)OC3(CCCC3)C2)nc(-c2ccncn2)cc1=O. The van der Waals surface area contributed by atoms with Crippen LogP contribution in [-0.4, -0.2) is 38.2 Å². The minimum absolute atomic E-state index is 0.0577. The van der Waals surface area contributed by atoms with Gasteiger partial charge in [-0.2, -0.15) is 0 Å². The van der Waals surface area contributed by atoms with Crippen molar-refractivity contribution in [3.63, 3.8) is 0 Å². The fourth-order valence-corrected chi connectivity index (χ4v) is 4.66. The second-order valence-corrected chi connectivity index (χ2v) is 8.22. The normalized spacial score (nSPS) is 20.6. The molecule has 5 rings (SSSR count). The molecule has 3 heterocycles. The van der Waals surface area contributed by atoms with E-state index < -0.39 is 0 Å². The van der Waals surface area contributed by atoms with Crippen molar-refractivity contribution in [1.82, 2.24) is 19.5 Å². The van der Waals surface area contributed by atoms with Crippen molar-refractivity contribution in [3.8, 4) is 11.4 Å². The molecule has 0 radical (unpaired) electrons. The maximum absolute atomic E-state index is 12.8. The molecule has 1 aromatic carbocycles. The third-order valence-corrected chi connectivity index (χ3v) is 6.18. The molecule has 1 saturated carbocycles. The number of rotatable bonds is 3. The lowest BCUT2D eigenvalue weighted by Gasteiger charge is -2.45. The van der Waals surface area contributed by atoms with Crippen LogP contribution in [0.3, 0.4) is 0 Å². The third kappa shape index (κ3) is 3.50. The molecule has 0 amide bonds. The number of nitrogens with zero attached hydrogens (tertiary/aromatic N) is 5. The summed E-state index contributed by atoms with van der Waals surface area (Å²) in [5.41, 5.74) is 2.08. The maximum Gasteiger partial charge on any atom is 0.255 e. The van der Waals surface area contributed by atoms with E-state index in [0.29, 0.717) is 23.9 Å². The van der Waals surface area contributed by atoms with Gasteiger partial charge in [0, 0.05) is 25.9 Å². The molecule has 7 heteroatoms. The highest BCUT2D eigenvalue weighted by atomic mass is 16.5. The first-order valence-electron chi connectivity index (χ1n) is 10.5. The molecule has 154 valence electrons. The number of aromatic nitrogens is 4. The maximum atomic E-state index is 12.8. The van der Waals surface area contributed by atoms with Gasteiger partial charge in [0.05, 0.1) is 23.5 Å². The molecule has 7 nitrogen and oxygen atoms in total. The molecule has 2 aromatic heterocycles. The van der Waals surface area contributed by atoms with Crippen LogP contribution in [0.25, 0.3) is 11.4 Å². The van der Waals surface area contributed by atoms with Gasteiger partial charge in [0.15, 0.2) is 0 Å². The van der Waals surface area contributed by atoms with Gasteiger partial charge in [0.2, 0.25) is 5.95 Å². The number of anilines is 1. The summed E-state index contributed by atoms with van der Waals surface area (Å²) in [6.07, 6.45) is 7.48. The molecular formula is C23H25N5O2. The summed E-state index contributed by atoms with van der Waals surface area (Å²) in [4.78, 5) is 28.1. The predicted octanol–water partition coefficient (Wildman–Crippen LogP) is 3.13. The minimum Gasteiger partial charge on any atom is -0.363 e. The Morgan fingerprint density at radius 3 is 2.63 bits per heavy atom. The van der Waals surface area contributed by atoms with Crippen molar-refractivity contribution in [2.75, 3.05) is 18.0 Å². The average Bonchev–Trinajstić information content (AvgIpc) is 3.23. The summed E-state index contributed by atoms with van der Waals surface area (Å²) >= 11 is 0. The van der Waals surface area contributed by atoms with Crippen molar-refractivity contribution in [1.29, 1.82) is 0 Å². The molecule has 3 aromatic rings. The van der Waals surface area contributed by atoms with E-state index in [1.807, 2.05) is 18.2 Å². The van der Waals surface area contributed by atoms with Gasteiger partial charge in [-0.15, -0.1) is 0 Å². The molecule has 2 aliphatic rings. The van der Waals surface area contributed by atoms with E-state index in [1.54, 1.807) is 23.9 Å². The fourth-order valence-electron chi connectivity index (χ4n) is 4.66. The first-order chi connectivity index (χ1) is 14.6. The van der Waals surface area contributed by atoms with Gasteiger partial charge in [-0.05, 0) is 24.5 Å². The van der Waals surface area contributed by atoms with Gasteiger partial charge in [0.1, 0.15) is 12.4 Å². The first-order valence-corrected chi connectivity index (χ1v) is 10.5. The highest BCUT2D eigenvalue weighted by molar-refractivity contribution is 5.55. The van der Waals surface area contributed by atoms with Gasteiger partial charge in [-0.3, -0.25) is 9.36 Å². The van der Waals surface area contributed by atoms with E-state index in [9.17, 15) is 4.79 Å². The molecule has 30 heavy (non-hydrogen) atoms. The van der Waals surface area contributed by atoms with Gasteiger partial charge in [-0.1, -0.05) is 43.2 Å². The highest BCUT2D eigenvalue weighted by Gasteiger charge is 2.44. The van der Waals surface area contributed by atoms with Crippen LogP contribution in [0.1, 0.15) is 37.4 Å². The molecule has 0 N–H and O–H groups in total. The summed E-state index contributed by atoms with van der Waals surface area (Å²) in [5, 5.41) is 0. The molecule has 1 unspecified atom stereocenters. The van der Waals surface area contributed by atoms with Crippen molar-refractivity contribution in [3.05, 3.63) is 70.9 Å². The Labute approximate surface area is 175 Å². The van der Waals surface area contributed by atoms with Crippen LogP contribution >= 0.6 is 0 Å². The standard InChI is InChI=1S/C23H25N5O2/c1-27-21(29)13-19(18-9-12-24-16-25-18)26-22(27)28-14-20(17-7-3-2-4-8-17)30-23(15-28)10-5-6-11-23/h2-4,7-9,12-13,16,20H,5-6,10-11,14-15H2,1H3. The zero-order chi connectivity index (χ0) is 20.6. The lowest BCUT2D eigenvalue weighted by atomic mass is 9.96. The number of benzene rings is 1. The van der Waals surface area contributed by atoms with Gasteiger partial charge in [-0.25, -0.2) is 15.0 Å². The van der Waals surface area contributed by atoms with Gasteiger partial charge >= 0.3 is 0 Å². The van der Waals surface area contributed by atoms with Crippen molar-refractivity contribution >= 4 is 5.95 Å². The summed E-state index contributed by atoms with van der Waals surface area (Å²) in [6.45, 7) is 1.39. The average molecular weight is 403 g/mol.